The minimum Gasteiger partial charge on any atom is -0.493 e. The van der Waals surface area contributed by atoms with Crippen LogP contribution in [0, 0.1) is 0 Å². The van der Waals surface area contributed by atoms with E-state index in [4.69, 9.17) is 9.47 Å². The molecule has 9 nitrogen and oxygen atoms in total. The Hall–Kier alpha value is -3.27. The molecule has 0 bridgehead atoms. The molecule has 0 aliphatic carbocycles. The average molecular weight is 474 g/mol. The van der Waals surface area contributed by atoms with Crippen molar-refractivity contribution in [1.82, 2.24) is 19.7 Å². The van der Waals surface area contributed by atoms with Gasteiger partial charge in [-0.15, -0.1) is 10.2 Å². The van der Waals surface area contributed by atoms with Crippen LogP contribution in [0.2, 0.25) is 0 Å². The first-order chi connectivity index (χ1) is 14.6. The van der Waals surface area contributed by atoms with Gasteiger partial charge in [-0.25, -0.2) is 9.78 Å². The number of pyridine rings is 1. The lowest BCUT2D eigenvalue weighted by molar-refractivity contribution is -0.105. The summed E-state index contributed by atoms with van der Waals surface area (Å²) in [6, 6.07) is 10.5. The highest BCUT2D eigenvalue weighted by atomic mass is 79.9. The first kappa shape index (κ1) is 21.4. The number of methoxy groups -OCH3 is 1. The van der Waals surface area contributed by atoms with Crippen LogP contribution in [0.5, 0.6) is 5.75 Å². The maximum Gasteiger partial charge on any atom is 0.341 e. The summed E-state index contributed by atoms with van der Waals surface area (Å²) in [5.41, 5.74) is 1.00. The van der Waals surface area contributed by atoms with Crippen LogP contribution in [-0.2, 0) is 16.1 Å². The molecule has 10 heteroatoms. The topological polar surface area (TPSA) is 108 Å². The molecule has 0 unspecified atom stereocenters. The Morgan fingerprint density at radius 1 is 1.27 bits per heavy atom. The molecule has 30 heavy (non-hydrogen) atoms. The predicted octanol–water partition coefficient (Wildman–Crippen LogP) is 3.32. The fourth-order valence-electron chi connectivity index (χ4n) is 2.78. The van der Waals surface area contributed by atoms with Gasteiger partial charge in [-0.3, -0.25) is 4.79 Å². The van der Waals surface area contributed by atoms with Crippen LogP contribution in [0.25, 0.3) is 11.5 Å². The molecule has 1 aromatic carbocycles. The molecule has 2 heterocycles. The van der Waals surface area contributed by atoms with E-state index in [2.05, 4.69) is 36.4 Å². The van der Waals surface area contributed by atoms with Gasteiger partial charge in [0.25, 0.3) is 0 Å². The number of carbonyl (C=O) groups excluding carboxylic acids is 2. The molecule has 0 atom stereocenters. The van der Waals surface area contributed by atoms with Gasteiger partial charge in [-0.05, 0) is 43.2 Å². The molecule has 0 saturated heterocycles. The number of anilines is 1. The third-order valence-corrected chi connectivity index (χ3v) is 4.69. The molecule has 3 rings (SSSR count). The first-order valence-electron chi connectivity index (χ1n) is 9.18. The number of rotatable bonds is 10. The van der Waals surface area contributed by atoms with E-state index in [-0.39, 0.29) is 0 Å². The number of carbonyl (C=O) groups is 2. The van der Waals surface area contributed by atoms with Crippen molar-refractivity contribution in [3.63, 3.8) is 0 Å². The number of esters is 1. The number of halogens is 1. The fourth-order valence-corrected chi connectivity index (χ4v) is 3.12. The van der Waals surface area contributed by atoms with E-state index < -0.39 is 5.97 Å². The van der Waals surface area contributed by atoms with E-state index in [0.717, 1.165) is 17.3 Å². The van der Waals surface area contributed by atoms with Crippen molar-refractivity contribution in [2.24, 2.45) is 0 Å². The Kier molecular flexibility index (Phi) is 7.50. The quantitative estimate of drug-likeness (QED) is 0.273. The zero-order chi connectivity index (χ0) is 21.3. The summed E-state index contributed by atoms with van der Waals surface area (Å²) >= 11 is 3.38. The summed E-state index contributed by atoms with van der Waals surface area (Å²) in [4.78, 5) is 26.8. The molecular formula is C20H20BrN5O4. The number of ether oxygens (including phenoxy) is 2. The molecule has 0 fully saturated rings. The molecule has 2 aromatic heterocycles. The number of unbranched alkanes of at least 4 members (excludes halogenated alkanes) is 1. The molecular weight excluding hydrogens is 454 g/mol. The third-order valence-electron chi connectivity index (χ3n) is 4.20. The van der Waals surface area contributed by atoms with Crippen LogP contribution in [-0.4, -0.2) is 45.8 Å². The van der Waals surface area contributed by atoms with Gasteiger partial charge in [0, 0.05) is 11.0 Å². The van der Waals surface area contributed by atoms with Crippen LogP contribution >= 0.6 is 15.9 Å². The number of aromatic nitrogens is 4. The number of nitrogens with one attached hydrogen (secondary N) is 1. The Labute approximate surface area is 181 Å². The van der Waals surface area contributed by atoms with E-state index >= 15 is 0 Å². The molecule has 1 N–H and O–H groups in total. The average Bonchev–Trinajstić information content (AvgIpc) is 3.22. The summed E-state index contributed by atoms with van der Waals surface area (Å²) < 4.78 is 13.3. The predicted molar refractivity (Wildman–Crippen MR) is 113 cm³/mol. The van der Waals surface area contributed by atoms with Gasteiger partial charge in [0.05, 0.1) is 13.7 Å². The van der Waals surface area contributed by atoms with Gasteiger partial charge in [0.15, 0.2) is 5.82 Å². The van der Waals surface area contributed by atoms with Gasteiger partial charge in [0.1, 0.15) is 29.2 Å². The summed E-state index contributed by atoms with van der Waals surface area (Å²) in [6.45, 7) is 1.11. The van der Waals surface area contributed by atoms with Gasteiger partial charge >= 0.3 is 5.97 Å². The third kappa shape index (κ3) is 5.41. The number of benzene rings is 1. The molecule has 1 amide bonds. The van der Waals surface area contributed by atoms with E-state index in [1.54, 1.807) is 42.7 Å². The Balaban J connectivity index is 1.56. The lowest BCUT2D eigenvalue weighted by Gasteiger charge is -2.11. The molecule has 0 saturated carbocycles. The monoisotopic (exact) mass is 473 g/mol. The first-order valence-corrected chi connectivity index (χ1v) is 9.97. The molecule has 3 aromatic rings. The molecule has 0 radical (unpaired) electrons. The van der Waals surface area contributed by atoms with Crippen molar-refractivity contribution in [1.29, 1.82) is 0 Å². The molecule has 156 valence electrons. The maximum absolute atomic E-state index is 11.9. The van der Waals surface area contributed by atoms with Crippen LogP contribution in [0.3, 0.4) is 0 Å². The van der Waals surface area contributed by atoms with Gasteiger partial charge < -0.3 is 19.4 Å². The van der Waals surface area contributed by atoms with Crippen LogP contribution in [0.4, 0.5) is 5.82 Å². The minimum absolute atomic E-state index is 0.386. The Morgan fingerprint density at radius 3 is 2.93 bits per heavy atom. The van der Waals surface area contributed by atoms with Crippen LogP contribution < -0.4 is 10.1 Å². The second-order valence-corrected chi connectivity index (χ2v) is 7.12. The van der Waals surface area contributed by atoms with Crippen molar-refractivity contribution in [2.75, 3.05) is 19.0 Å². The number of amides is 1. The highest BCUT2D eigenvalue weighted by molar-refractivity contribution is 9.10. The second-order valence-electron chi connectivity index (χ2n) is 6.21. The summed E-state index contributed by atoms with van der Waals surface area (Å²) in [6.07, 6.45) is 3.78. The van der Waals surface area contributed by atoms with Crippen molar-refractivity contribution in [3.8, 4) is 17.3 Å². The highest BCUT2D eigenvalue weighted by Gasteiger charge is 2.14. The number of nitrogens with zero attached hydrogens (tertiary/aromatic N) is 4. The van der Waals surface area contributed by atoms with E-state index in [1.807, 2.05) is 4.57 Å². The number of hydrogen-bond acceptors (Lipinski definition) is 7. The number of aryl methyl sites for hydroxylation is 1. The van der Waals surface area contributed by atoms with Crippen LogP contribution in [0.15, 0.2) is 47.2 Å². The lowest BCUT2D eigenvalue weighted by Crippen LogP contribution is -2.08. The molecule has 0 aliphatic heterocycles. The van der Waals surface area contributed by atoms with Gasteiger partial charge in [-0.1, -0.05) is 22.0 Å². The van der Waals surface area contributed by atoms with Crippen molar-refractivity contribution >= 4 is 34.1 Å². The highest BCUT2D eigenvalue weighted by Crippen LogP contribution is 2.25. The lowest BCUT2D eigenvalue weighted by atomic mass is 10.2. The Bertz CT molecular complexity index is 1020. The largest absolute Gasteiger partial charge is 0.493 e. The summed E-state index contributed by atoms with van der Waals surface area (Å²) in [5, 5.41) is 10.6. The Morgan fingerprint density at radius 2 is 2.13 bits per heavy atom. The molecule has 0 spiro atoms. The number of hydrogen-bond donors (Lipinski definition) is 1. The van der Waals surface area contributed by atoms with Gasteiger partial charge in [0.2, 0.25) is 6.41 Å². The normalized spacial score (nSPS) is 10.5. The zero-order valence-corrected chi connectivity index (χ0v) is 17.8. The zero-order valence-electron chi connectivity index (χ0n) is 16.2. The van der Waals surface area contributed by atoms with Gasteiger partial charge in [-0.2, -0.15) is 0 Å². The standard InChI is InChI=1S/C20H20BrN5O4/c1-29-20(28)15-8-7-14(21)11-17(15)30-10-3-2-9-26-12-23-25-19(26)16-5-4-6-18(24-16)22-13-27/h4-8,11-13H,2-3,9-10H2,1H3,(H,22,24,27). The van der Waals surface area contributed by atoms with Crippen molar-refractivity contribution < 1.29 is 19.1 Å². The summed E-state index contributed by atoms with van der Waals surface area (Å²) in [5.74, 6) is 1.10. The summed E-state index contributed by atoms with van der Waals surface area (Å²) in [7, 11) is 1.34. The van der Waals surface area contributed by atoms with E-state index in [0.29, 0.717) is 48.2 Å². The minimum atomic E-state index is -0.439. The van der Waals surface area contributed by atoms with Crippen molar-refractivity contribution in [3.05, 3.63) is 52.8 Å². The SMILES string of the molecule is COC(=O)c1ccc(Br)cc1OCCCCn1cnnc1-c1cccc(NC=O)n1. The maximum atomic E-state index is 11.9. The smallest absolute Gasteiger partial charge is 0.341 e. The van der Waals surface area contributed by atoms with Crippen LogP contribution in [0.1, 0.15) is 23.2 Å². The fraction of sp³-hybridized carbons (Fsp3) is 0.250. The van der Waals surface area contributed by atoms with Crippen molar-refractivity contribution in [2.45, 2.75) is 19.4 Å². The van der Waals surface area contributed by atoms with E-state index in [9.17, 15) is 9.59 Å². The van der Waals surface area contributed by atoms with E-state index in [1.165, 1.54) is 7.11 Å². The second kappa shape index (κ2) is 10.5. The molecule has 0 aliphatic rings.